The van der Waals surface area contributed by atoms with Crippen molar-refractivity contribution < 1.29 is 36.6 Å². The lowest BCUT2D eigenvalue weighted by atomic mass is 9.81. The van der Waals surface area contributed by atoms with Crippen molar-refractivity contribution >= 4 is 108 Å². The van der Waals surface area contributed by atoms with Gasteiger partial charge in [-0.05, 0) is 162 Å². The summed E-state index contributed by atoms with van der Waals surface area (Å²) < 4.78 is 41.9. The van der Waals surface area contributed by atoms with Crippen LogP contribution in [0.2, 0.25) is 69.5 Å². The minimum atomic E-state index is -2.14. The van der Waals surface area contributed by atoms with Crippen LogP contribution in [0.25, 0.3) is 0 Å². The summed E-state index contributed by atoms with van der Waals surface area (Å²) in [6.45, 7) is 60.7. The molecule has 0 unspecified atom stereocenters. The average molecular weight is 1380 g/mol. The molecule has 6 atom stereocenters. The van der Waals surface area contributed by atoms with Crippen molar-refractivity contribution in [3.05, 3.63) is 73.3 Å². The van der Waals surface area contributed by atoms with Gasteiger partial charge in [0.2, 0.25) is 28.2 Å². The Bertz CT molecular complexity index is 2900. The molecule has 3 fully saturated rings. The molecule has 492 valence electrons. The quantitative estimate of drug-likeness (QED) is 0.0475. The third-order valence-electron chi connectivity index (χ3n) is 21.1. The van der Waals surface area contributed by atoms with Crippen LogP contribution in [-0.2, 0) is 27.0 Å². The van der Waals surface area contributed by atoms with Crippen LogP contribution in [0.15, 0.2) is 52.4 Å². The van der Waals surface area contributed by atoms with Crippen LogP contribution in [0, 0.1) is 11.8 Å². The predicted molar refractivity (Wildman–Crippen MR) is 381 cm³/mol. The number of thiophene rings is 2. The molecular formula is C66H112BBrN6O8S2Si4. The first kappa shape index (κ1) is 74.7. The maximum Gasteiger partial charge on any atom is 0.495 e. The topological polar surface area (TPSA) is 165 Å². The number of nitrogens with zero attached hydrogens (tertiary/aromatic N) is 4. The number of hydrogen-bond donors (Lipinski definition) is 2. The number of carbonyl (C=O) groups excluding carboxylic acids is 2. The lowest BCUT2D eigenvalue weighted by molar-refractivity contribution is 0.00578. The van der Waals surface area contributed by atoms with E-state index in [4.69, 9.17) is 27.0 Å². The smallest absolute Gasteiger partial charge is 0.416 e. The van der Waals surface area contributed by atoms with Gasteiger partial charge in [0.15, 0.2) is 16.6 Å². The number of hydrogen-bond acceptors (Lipinski definition) is 16. The van der Waals surface area contributed by atoms with Gasteiger partial charge in [-0.3, -0.25) is 9.59 Å². The van der Waals surface area contributed by atoms with Gasteiger partial charge in [0.1, 0.15) is 24.3 Å². The molecule has 4 aromatic heterocycles. The van der Waals surface area contributed by atoms with Gasteiger partial charge in [-0.2, -0.15) is 0 Å². The van der Waals surface area contributed by atoms with E-state index in [0.29, 0.717) is 79.0 Å². The molecule has 0 spiro atoms. The zero-order valence-corrected chi connectivity index (χ0v) is 65.8. The van der Waals surface area contributed by atoms with Crippen molar-refractivity contribution in [3.8, 4) is 0 Å². The third-order valence-corrected chi connectivity index (χ3v) is 45.0. The summed E-state index contributed by atoms with van der Waals surface area (Å²) in [5, 5.41) is 11.5. The molecule has 0 radical (unpaired) electrons. The van der Waals surface area contributed by atoms with Crippen LogP contribution in [0.1, 0.15) is 208 Å². The van der Waals surface area contributed by atoms with Crippen LogP contribution < -0.4 is 16.1 Å². The largest absolute Gasteiger partial charge is 0.495 e. The maximum atomic E-state index is 13.9. The van der Waals surface area contributed by atoms with Gasteiger partial charge in [0.05, 0.1) is 44.3 Å². The van der Waals surface area contributed by atoms with Gasteiger partial charge in [-0.15, -0.1) is 22.7 Å². The van der Waals surface area contributed by atoms with Crippen molar-refractivity contribution in [1.82, 2.24) is 19.9 Å². The molecule has 14 nitrogen and oxygen atoms in total. The van der Waals surface area contributed by atoms with E-state index in [9.17, 15) is 9.59 Å². The number of halogens is 1. The Morgan fingerprint density at radius 3 is 1.28 bits per heavy atom. The van der Waals surface area contributed by atoms with Gasteiger partial charge in [0.25, 0.3) is 0 Å². The Kier molecular flexibility index (Phi) is 24.7. The summed E-state index contributed by atoms with van der Waals surface area (Å²) in [6, 6.07) is 3.96. The van der Waals surface area contributed by atoms with Crippen molar-refractivity contribution in [2.24, 2.45) is 11.8 Å². The van der Waals surface area contributed by atoms with Gasteiger partial charge >= 0.3 is 7.12 Å². The molecular weight excluding hydrogens is 1270 g/mol. The fourth-order valence-corrected chi connectivity index (χ4v) is 29.0. The molecule has 7 rings (SSSR count). The highest BCUT2D eigenvalue weighted by atomic mass is 79.9. The number of nitrogens with one attached hydrogen (secondary N) is 2. The molecule has 0 aromatic carbocycles. The van der Waals surface area contributed by atoms with Gasteiger partial charge < -0.3 is 37.6 Å². The highest BCUT2D eigenvalue weighted by molar-refractivity contribution is 9.10. The van der Waals surface area contributed by atoms with E-state index >= 15 is 0 Å². The second-order valence-electron chi connectivity index (χ2n) is 31.4. The number of aromatic nitrogens is 4. The Hall–Kier alpha value is -2.33. The molecule has 1 saturated heterocycles. The van der Waals surface area contributed by atoms with E-state index in [2.05, 4.69) is 197 Å². The maximum absolute atomic E-state index is 13.9. The van der Waals surface area contributed by atoms with Crippen LogP contribution in [0.3, 0.4) is 0 Å². The normalized spacial score (nSPS) is 22.0. The van der Waals surface area contributed by atoms with Crippen LogP contribution in [-0.4, -0.2) is 121 Å². The number of carbonyl (C=O) groups is 2. The Balaban J connectivity index is 0.000000286. The van der Waals surface area contributed by atoms with E-state index in [1.54, 1.807) is 12.4 Å². The molecule has 88 heavy (non-hydrogen) atoms. The van der Waals surface area contributed by atoms with Gasteiger partial charge in [-0.25, -0.2) is 19.9 Å². The van der Waals surface area contributed by atoms with Crippen molar-refractivity contribution in [3.63, 3.8) is 0 Å². The molecule has 2 saturated carbocycles. The molecule has 2 N–H and O–H groups in total. The lowest BCUT2D eigenvalue weighted by Gasteiger charge is -2.45. The first-order valence-electron chi connectivity index (χ1n) is 32.6. The summed E-state index contributed by atoms with van der Waals surface area (Å²) in [5.74, 6) is 1.52. The molecule has 0 amide bonds. The summed E-state index contributed by atoms with van der Waals surface area (Å²) in [4.78, 5) is 46.1. The third kappa shape index (κ3) is 16.8. The Morgan fingerprint density at radius 2 is 0.955 bits per heavy atom. The van der Waals surface area contributed by atoms with E-state index in [-0.39, 0.29) is 57.8 Å². The molecule has 3 aliphatic rings. The van der Waals surface area contributed by atoms with Crippen LogP contribution in [0.4, 0.5) is 11.6 Å². The second kappa shape index (κ2) is 29.1. The zero-order chi connectivity index (χ0) is 66.1. The molecule has 1 aliphatic heterocycles. The first-order chi connectivity index (χ1) is 40.5. The summed E-state index contributed by atoms with van der Waals surface area (Å²) in [5.41, 5.74) is 3.92. The van der Waals surface area contributed by atoms with E-state index in [0.717, 1.165) is 35.6 Å². The average Bonchev–Trinajstić information content (AvgIpc) is 2.62. The van der Waals surface area contributed by atoms with E-state index in [1.807, 2.05) is 50.6 Å². The van der Waals surface area contributed by atoms with E-state index in [1.165, 1.54) is 35.3 Å². The van der Waals surface area contributed by atoms with Crippen LogP contribution >= 0.6 is 38.6 Å². The summed E-state index contributed by atoms with van der Waals surface area (Å²) in [7, 11) is -8.62. The summed E-state index contributed by atoms with van der Waals surface area (Å²) in [6.07, 6.45) is 9.98. The van der Waals surface area contributed by atoms with E-state index < -0.39 is 51.6 Å². The monoisotopic (exact) mass is 1380 g/mol. The molecule has 5 heterocycles. The second-order valence-corrected chi connectivity index (χ2v) is 54.6. The molecule has 22 heteroatoms. The number of ketones is 2. The lowest BCUT2D eigenvalue weighted by Crippen LogP contribution is -2.51. The highest BCUT2D eigenvalue weighted by Crippen LogP contribution is 2.49. The molecule has 0 bridgehead atoms. The van der Waals surface area contributed by atoms with Crippen LogP contribution in [0.5, 0.6) is 0 Å². The Labute approximate surface area is 552 Å². The minimum absolute atomic E-state index is 0.0618. The first-order valence-corrected chi connectivity index (χ1v) is 45.2. The number of rotatable bonds is 25. The fourth-order valence-electron chi connectivity index (χ4n) is 13.3. The standard InChI is InChI=1S/C36H62BN3O5SSi2.C30H50BrN3O3SSi2/c1-23(2)48(24(3)4,25(5)6)43-30-18-28(16-26(30)20-42-47(14,15)34(7,8)9)40-33-29(19-38-22-39-33)32(41)31-17-27(21-46-31)37-44-35(10,11)36(12,13)45-37;1-19(2)40(20(3)4,21(5)6)37-26-14-24(12-22(26)16-36-39(10,11)30(7,8)9)34-29-25(15-32-18-33-29)28(35)27-13-23(31)17-38-27/h17,19,21-26,28,30H,16,18,20H2,1-15H3,(H,38,39,40);13,15,17-22,24,26H,12,14,16H2,1-11H3,(H,32,33,34)/t26-,28-,30+;22-,24-,26+/m11/s1. The predicted octanol–water partition coefficient (Wildman–Crippen LogP) is 18.1. The minimum Gasteiger partial charge on any atom is -0.416 e. The Morgan fingerprint density at radius 1 is 0.602 bits per heavy atom. The molecule has 4 aromatic rings. The van der Waals surface area contributed by atoms with Crippen molar-refractivity contribution in [2.75, 3.05) is 23.8 Å². The highest BCUT2D eigenvalue weighted by Gasteiger charge is 2.54. The van der Waals surface area contributed by atoms with Crippen molar-refractivity contribution in [1.29, 1.82) is 0 Å². The molecule has 2 aliphatic carbocycles. The van der Waals surface area contributed by atoms with Gasteiger partial charge in [-0.1, -0.05) is 125 Å². The summed E-state index contributed by atoms with van der Waals surface area (Å²) >= 11 is 6.28. The van der Waals surface area contributed by atoms with Gasteiger partial charge in [0, 0.05) is 59.4 Å². The van der Waals surface area contributed by atoms with Crippen molar-refractivity contribution in [2.45, 2.75) is 283 Å². The zero-order valence-electron chi connectivity index (χ0n) is 58.6. The fraction of sp³-hybridized carbons (Fsp3) is 0.727. The number of anilines is 2. The SMILES string of the molecule is CC(C)[Si](O[C@H]1C[C@H](Nc2ncncc2C(=O)c2cc(B3OC(C)(C)C(C)(C)O3)cs2)C[C@@H]1CO[Si](C)(C)C(C)(C)C)(C(C)C)C(C)C.CC(C)[Si](O[C@H]1C[C@H](Nc2ncncc2C(=O)c2cc(Br)cs2)C[C@@H]1CO[Si](C)(C)C(C)(C)C)(C(C)C)C(C)C.